The SMILES string of the molecule is C1CCC2(C1)CCC[NH2+]2.[Br-]. The van der Waals surface area contributed by atoms with Crippen molar-refractivity contribution < 1.29 is 22.3 Å². The Balaban J connectivity index is 0.000000500. The van der Waals surface area contributed by atoms with Crippen molar-refractivity contribution in [2.45, 2.75) is 44.1 Å². The molecule has 0 atom stereocenters. The predicted molar refractivity (Wildman–Crippen MR) is 37.2 cm³/mol. The normalized spacial score (nSPS) is 28.8. The summed E-state index contributed by atoms with van der Waals surface area (Å²) in [6.07, 6.45) is 8.99. The van der Waals surface area contributed by atoms with Gasteiger partial charge in [-0.25, -0.2) is 0 Å². The zero-order valence-electron chi connectivity index (χ0n) is 6.41. The highest BCUT2D eigenvalue weighted by molar-refractivity contribution is 4.85. The molecule has 2 heteroatoms. The van der Waals surface area contributed by atoms with Crippen molar-refractivity contribution in [1.82, 2.24) is 0 Å². The van der Waals surface area contributed by atoms with Gasteiger partial charge in [0.25, 0.3) is 0 Å². The van der Waals surface area contributed by atoms with E-state index in [2.05, 4.69) is 5.32 Å². The van der Waals surface area contributed by atoms with Crippen LogP contribution in [0.5, 0.6) is 0 Å². The van der Waals surface area contributed by atoms with Gasteiger partial charge < -0.3 is 22.3 Å². The van der Waals surface area contributed by atoms with Crippen LogP contribution in [0.4, 0.5) is 0 Å². The van der Waals surface area contributed by atoms with Gasteiger partial charge in [-0.2, -0.15) is 0 Å². The second-order valence-electron chi connectivity index (χ2n) is 3.67. The van der Waals surface area contributed by atoms with Crippen molar-refractivity contribution in [2.24, 2.45) is 0 Å². The molecule has 2 fully saturated rings. The summed E-state index contributed by atoms with van der Waals surface area (Å²) in [6, 6.07) is 0. The molecule has 1 aliphatic carbocycles. The van der Waals surface area contributed by atoms with Crippen molar-refractivity contribution >= 4 is 0 Å². The van der Waals surface area contributed by atoms with Gasteiger partial charge in [-0.05, 0) is 12.8 Å². The average molecular weight is 206 g/mol. The van der Waals surface area contributed by atoms with Crippen LogP contribution in [0.2, 0.25) is 0 Å². The smallest absolute Gasteiger partial charge is 0.0963 e. The van der Waals surface area contributed by atoms with E-state index in [4.69, 9.17) is 0 Å². The number of hydrogen-bond acceptors (Lipinski definition) is 0. The Morgan fingerprint density at radius 2 is 1.50 bits per heavy atom. The van der Waals surface area contributed by atoms with Crippen LogP contribution in [0.1, 0.15) is 38.5 Å². The van der Waals surface area contributed by atoms with Crippen LogP contribution in [0.3, 0.4) is 0 Å². The highest BCUT2D eigenvalue weighted by atomic mass is 79.9. The molecule has 1 aliphatic heterocycles. The van der Waals surface area contributed by atoms with E-state index in [1.165, 1.54) is 45.1 Å². The molecule has 0 aromatic rings. The quantitative estimate of drug-likeness (QED) is 0.457. The standard InChI is InChI=1S/C8H15N.BrH/c1-2-5-8(4-1)6-3-7-9-8;/h9H,1-7H2;1H. The molecule has 2 aliphatic rings. The first-order chi connectivity index (χ1) is 4.41. The Bertz CT molecular complexity index is 84.3. The zero-order valence-corrected chi connectivity index (χ0v) is 7.99. The molecule has 0 radical (unpaired) electrons. The Labute approximate surface area is 73.3 Å². The van der Waals surface area contributed by atoms with Crippen LogP contribution in [0.15, 0.2) is 0 Å². The van der Waals surface area contributed by atoms with Gasteiger partial charge in [-0.1, -0.05) is 0 Å². The van der Waals surface area contributed by atoms with Crippen LogP contribution in [0, 0.1) is 0 Å². The van der Waals surface area contributed by atoms with Crippen molar-refractivity contribution in [3.8, 4) is 0 Å². The monoisotopic (exact) mass is 205 g/mol. The molecule has 2 rings (SSSR count). The van der Waals surface area contributed by atoms with Gasteiger partial charge in [0.2, 0.25) is 0 Å². The molecule has 10 heavy (non-hydrogen) atoms. The summed E-state index contributed by atoms with van der Waals surface area (Å²) in [5.41, 5.74) is 0.764. The van der Waals surface area contributed by atoms with Crippen molar-refractivity contribution in [3.63, 3.8) is 0 Å². The van der Waals surface area contributed by atoms with E-state index in [1.54, 1.807) is 0 Å². The molecule has 1 saturated carbocycles. The topological polar surface area (TPSA) is 16.6 Å². The van der Waals surface area contributed by atoms with Crippen LogP contribution in [0.25, 0.3) is 0 Å². The minimum Gasteiger partial charge on any atom is -1.00 e. The van der Waals surface area contributed by atoms with E-state index < -0.39 is 0 Å². The molecule has 1 spiro atoms. The molecule has 2 N–H and O–H groups in total. The lowest BCUT2D eigenvalue weighted by atomic mass is 9.96. The number of hydrogen-bond donors (Lipinski definition) is 1. The maximum atomic E-state index is 2.60. The van der Waals surface area contributed by atoms with E-state index in [0.29, 0.717) is 0 Å². The van der Waals surface area contributed by atoms with Gasteiger partial charge in [0.05, 0.1) is 12.1 Å². The van der Waals surface area contributed by atoms with Gasteiger partial charge in [-0.3, -0.25) is 0 Å². The van der Waals surface area contributed by atoms with Gasteiger partial charge in [0.15, 0.2) is 0 Å². The fourth-order valence-corrected chi connectivity index (χ4v) is 2.50. The first-order valence-electron chi connectivity index (χ1n) is 4.26. The second-order valence-corrected chi connectivity index (χ2v) is 3.67. The molecule has 1 saturated heterocycles. The average Bonchev–Trinajstić information content (AvgIpc) is 2.45. The van der Waals surface area contributed by atoms with E-state index in [1.807, 2.05) is 0 Å². The summed E-state index contributed by atoms with van der Waals surface area (Å²) >= 11 is 0. The zero-order chi connectivity index (χ0) is 6.16. The molecule has 1 heterocycles. The maximum absolute atomic E-state index is 2.60. The first-order valence-corrected chi connectivity index (χ1v) is 4.26. The largest absolute Gasteiger partial charge is 1.00 e. The minimum atomic E-state index is 0. The first kappa shape index (κ1) is 8.54. The molecule has 0 amide bonds. The van der Waals surface area contributed by atoms with Crippen molar-refractivity contribution in [2.75, 3.05) is 6.54 Å². The van der Waals surface area contributed by atoms with Gasteiger partial charge in [-0.15, -0.1) is 0 Å². The Morgan fingerprint density at radius 3 is 2.00 bits per heavy atom. The molecule has 0 aromatic carbocycles. The van der Waals surface area contributed by atoms with Crippen LogP contribution in [-0.4, -0.2) is 12.1 Å². The lowest BCUT2D eigenvalue weighted by Crippen LogP contribution is -3.00. The predicted octanol–water partition coefficient (Wildman–Crippen LogP) is -2.34. The molecular weight excluding hydrogens is 190 g/mol. The van der Waals surface area contributed by atoms with Gasteiger partial charge in [0, 0.05) is 25.7 Å². The lowest BCUT2D eigenvalue weighted by molar-refractivity contribution is -0.706. The summed E-state index contributed by atoms with van der Waals surface area (Å²) in [4.78, 5) is 0. The van der Waals surface area contributed by atoms with Crippen molar-refractivity contribution in [1.29, 1.82) is 0 Å². The highest BCUT2D eigenvalue weighted by Crippen LogP contribution is 2.31. The number of nitrogens with two attached hydrogens (primary N) is 1. The van der Waals surface area contributed by atoms with E-state index in [9.17, 15) is 0 Å². The maximum Gasteiger partial charge on any atom is 0.0963 e. The highest BCUT2D eigenvalue weighted by Gasteiger charge is 2.39. The molecule has 0 aromatic heterocycles. The summed E-state index contributed by atoms with van der Waals surface area (Å²) < 4.78 is 0. The molecule has 60 valence electrons. The molecule has 0 bridgehead atoms. The van der Waals surface area contributed by atoms with E-state index in [-0.39, 0.29) is 17.0 Å². The fourth-order valence-electron chi connectivity index (χ4n) is 2.50. The third kappa shape index (κ3) is 1.37. The summed E-state index contributed by atoms with van der Waals surface area (Å²) in [5.74, 6) is 0. The molecule has 1 nitrogen and oxygen atoms in total. The molecule has 0 unspecified atom stereocenters. The summed E-state index contributed by atoms with van der Waals surface area (Å²) in [7, 11) is 0. The van der Waals surface area contributed by atoms with Crippen LogP contribution < -0.4 is 22.3 Å². The Kier molecular flexibility index (Phi) is 2.75. The lowest BCUT2D eigenvalue weighted by Gasteiger charge is -2.17. The third-order valence-corrected chi connectivity index (χ3v) is 3.06. The van der Waals surface area contributed by atoms with Crippen LogP contribution in [-0.2, 0) is 0 Å². The molecular formula is C8H16BrN. The van der Waals surface area contributed by atoms with E-state index >= 15 is 0 Å². The van der Waals surface area contributed by atoms with Crippen molar-refractivity contribution in [3.05, 3.63) is 0 Å². The van der Waals surface area contributed by atoms with E-state index in [0.717, 1.165) is 5.54 Å². The number of rotatable bonds is 0. The Hall–Kier alpha value is 0.440. The Morgan fingerprint density at radius 1 is 0.900 bits per heavy atom. The van der Waals surface area contributed by atoms with Crippen LogP contribution >= 0.6 is 0 Å². The fraction of sp³-hybridized carbons (Fsp3) is 1.00. The van der Waals surface area contributed by atoms with Gasteiger partial charge in [0.1, 0.15) is 0 Å². The summed E-state index contributed by atoms with van der Waals surface area (Å²) in [6.45, 7) is 1.40. The number of quaternary nitrogens is 1. The second kappa shape index (κ2) is 3.22. The number of halogens is 1. The summed E-state index contributed by atoms with van der Waals surface area (Å²) in [5, 5.41) is 2.60. The van der Waals surface area contributed by atoms with Gasteiger partial charge >= 0.3 is 0 Å². The third-order valence-electron chi connectivity index (χ3n) is 3.06. The minimum absolute atomic E-state index is 0.